The molecule has 13 heavy (non-hydrogen) atoms. The molecule has 0 aromatic heterocycles. The van der Waals surface area contributed by atoms with E-state index in [9.17, 15) is 4.79 Å². The molecule has 1 aromatic carbocycles. The number of carboxylic acids is 1. The molecule has 0 saturated carbocycles. The maximum Gasteiger partial charge on any atom is 0.328 e. The molecule has 0 amide bonds. The highest BCUT2D eigenvalue weighted by Crippen LogP contribution is 2.07. The molecule has 0 aliphatic rings. The van der Waals surface area contributed by atoms with Gasteiger partial charge in [-0.2, -0.15) is 0 Å². The molecule has 1 N–H and O–H groups in total. The molecular weight excluding hydrogens is 164 g/mol. The van der Waals surface area contributed by atoms with E-state index in [1.807, 2.05) is 24.3 Å². The number of aryl methyl sites for hydroxylation is 1. The second kappa shape index (κ2) is 4.45. The highest BCUT2D eigenvalue weighted by atomic mass is 16.4. The fourth-order valence-electron chi connectivity index (χ4n) is 1.08. The molecule has 68 valence electrons. The topological polar surface area (TPSA) is 37.3 Å². The smallest absolute Gasteiger partial charge is 0.328 e. The van der Waals surface area contributed by atoms with Crippen LogP contribution < -0.4 is 0 Å². The molecule has 0 spiro atoms. The van der Waals surface area contributed by atoms with Crippen LogP contribution in [0.3, 0.4) is 0 Å². The highest BCUT2D eigenvalue weighted by molar-refractivity contribution is 5.85. The first-order chi connectivity index (χ1) is 6.22. The summed E-state index contributed by atoms with van der Waals surface area (Å²) < 4.78 is 0. The van der Waals surface area contributed by atoms with Gasteiger partial charge in [-0.05, 0) is 23.6 Å². The monoisotopic (exact) mass is 176 g/mol. The Morgan fingerprint density at radius 1 is 1.54 bits per heavy atom. The molecule has 0 radical (unpaired) electrons. The summed E-state index contributed by atoms with van der Waals surface area (Å²) in [5.41, 5.74) is 2.15. The quantitative estimate of drug-likeness (QED) is 0.718. The zero-order chi connectivity index (χ0) is 9.68. The van der Waals surface area contributed by atoms with Crippen LogP contribution in [-0.2, 0) is 11.2 Å². The SMILES string of the molecule is CCc1cccc(/C=C/C(=O)O)c1. The lowest BCUT2D eigenvalue weighted by molar-refractivity contribution is -0.131. The van der Waals surface area contributed by atoms with Gasteiger partial charge in [-0.15, -0.1) is 0 Å². The number of aliphatic carboxylic acids is 1. The van der Waals surface area contributed by atoms with E-state index in [1.165, 1.54) is 5.56 Å². The zero-order valence-corrected chi connectivity index (χ0v) is 7.53. The Hall–Kier alpha value is -1.57. The van der Waals surface area contributed by atoms with E-state index in [0.29, 0.717) is 0 Å². The second-order valence-electron chi connectivity index (χ2n) is 2.77. The van der Waals surface area contributed by atoms with Crippen LogP contribution in [0.1, 0.15) is 18.1 Å². The van der Waals surface area contributed by atoms with Crippen LogP contribution in [0.15, 0.2) is 30.3 Å². The number of benzene rings is 1. The van der Waals surface area contributed by atoms with Gasteiger partial charge in [-0.1, -0.05) is 31.2 Å². The minimum atomic E-state index is -0.915. The van der Waals surface area contributed by atoms with Gasteiger partial charge in [-0.25, -0.2) is 4.79 Å². The van der Waals surface area contributed by atoms with E-state index in [4.69, 9.17) is 5.11 Å². The van der Waals surface area contributed by atoms with Crippen molar-refractivity contribution in [1.82, 2.24) is 0 Å². The molecule has 2 nitrogen and oxygen atoms in total. The third-order valence-corrected chi connectivity index (χ3v) is 1.78. The van der Waals surface area contributed by atoms with Crippen LogP contribution in [0.25, 0.3) is 6.08 Å². The first kappa shape index (κ1) is 9.52. The number of hydrogen-bond donors (Lipinski definition) is 1. The summed E-state index contributed by atoms with van der Waals surface area (Å²) in [6, 6.07) is 7.83. The van der Waals surface area contributed by atoms with Crippen molar-refractivity contribution in [2.45, 2.75) is 13.3 Å². The minimum absolute atomic E-state index is 0.915. The van der Waals surface area contributed by atoms with E-state index in [-0.39, 0.29) is 0 Å². The van der Waals surface area contributed by atoms with Crippen molar-refractivity contribution in [3.63, 3.8) is 0 Å². The fourth-order valence-corrected chi connectivity index (χ4v) is 1.08. The average molecular weight is 176 g/mol. The summed E-state index contributed by atoms with van der Waals surface area (Å²) in [6.07, 6.45) is 3.71. The molecule has 0 saturated heterocycles. The molecule has 1 aromatic rings. The van der Waals surface area contributed by atoms with Crippen LogP contribution in [0.5, 0.6) is 0 Å². The predicted octanol–water partition coefficient (Wildman–Crippen LogP) is 2.35. The summed E-state index contributed by atoms with van der Waals surface area (Å²) in [5, 5.41) is 8.41. The standard InChI is InChI=1S/C11H12O2/c1-2-9-4-3-5-10(8-9)6-7-11(12)13/h3-8H,2H2,1H3,(H,12,13)/b7-6+. The zero-order valence-electron chi connectivity index (χ0n) is 7.53. The van der Waals surface area contributed by atoms with Gasteiger partial charge in [0, 0.05) is 6.08 Å². The second-order valence-corrected chi connectivity index (χ2v) is 2.77. The van der Waals surface area contributed by atoms with E-state index in [1.54, 1.807) is 6.08 Å². The minimum Gasteiger partial charge on any atom is -0.478 e. The number of hydrogen-bond acceptors (Lipinski definition) is 1. The van der Waals surface area contributed by atoms with Crippen molar-refractivity contribution in [1.29, 1.82) is 0 Å². The van der Waals surface area contributed by atoms with Crippen LogP contribution in [0.2, 0.25) is 0 Å². The Bertz CT molecular complexity index is 327. The molecule has 1 rings (SSSR count). The highest BCUT2D eigenvalue weighted by Gasteiger charge is 1.91. The number of rotatable bonds is 3. The lowest BCUT2D eigenvalue weighted by Crippen LogP contribution is -1.86. The molecule has 0 aliphatic heterocycles. The van der Waals surface area contributed by atoms with Crippen molar-refractivity contribution in [2.24, 2.45) is 0 Å². The largest absolute Gasteiger partial charge is 0.478 e. The Labute approximate surface area is 77.5 Å². The van der Waals surface area contributed by atoms with Gasteiger partial charge in [0.15, 0.2) is 0 Å². The van der Waals surface area contributed by atoms with Crippen LogP contribution >= 0.6 is 0 Å². The number of carbonyl (C=O) groups is 1. The number of carboxylic acid groups (broad SMARTS) is 1. The fraction of sp³-hybridized carbons (Fsp3) is 0.182. The average Bonchev–Trinajstić information content (AvgIpc) is 2.15. The van der Waals surface area contributed by atoms with E-state index < -0.39 is 5.97 Å². The summed E-state index contributed by atoms with van der Waals surface area (Å²) in [5.74, 6) is -0.915. The molecule has 0 fully saturated rings. The predicted molar refractivity (Wildman–Crippen MR) is 52.5 cm³/mol. The lowest BCUT2D eigenvalue weighted by atomic mass is 10.1. The summed E-state index contributed by atoms with van der Waals surface area (Å²) in [4.78, 5) is 10.2. The van der Waals surface area contributed by atoms with Crippen molar-refractivity contribution < 1.29 is 9.90 Å². The third-order valence-electron chi connectivity index (χ3n) is 1.78. The van der Waals surface area contributed by atoms with Gasteiger partial charge in [-0.3, -0.25) is 0 Å². The Balaban J connectivity index is 2.83. The molecule has 2 heteroatoms. The maximum atomic E-state index is 10.2. The summed E-state index contributed by atoms with van der Waals surface area (Å²) in [7, 11) is 0. The van der Waals surface area contributed by atoms with Crippen molar-refractivity contribution in [3.8, 4) is 0 Å². The first-order valence-corrected chi connectivity index (χ1v) is 4.22. The molecule has 0 heterocycles. The van der Waals surface area contributed by atoms with Crippen molar-refractivity contribution in [3.05, 3.63) is 41.5 Å². The summed E-state index contributed by atoms with van der Waals surface area (Å²) in [6.45, 7) is 2.07. The third kappa shape index (κ3) is 3.11. The normalized spacial score (nSPS) is 10.5. The Morgan fingerprint density at radius 2 is 2.31 bits per heavy atom. The first-order valence-electron chi connectivity index (χ1n) is 4.22. The Morgan fingerprint density at radius 3 is 2.92 bits per heavy atom. The molecule has 0 aliphatic carbocycles. The summed E-state index contributed by atoms with van der Waals surface area (Å²) >= 11 is 0. The van der Waals surface area contributed by atoms with Gasteiger partial charge < -0.3 is 5.11 Å². The van der Waals surface area contributed by atoms with Gasteiger partial charge >= 0.3 is 5.97 Å². The van der Waals surface area contributed by atoms with Gasteiger partial charge in [0.25, 0.3) is 0 Å². The van der Waals surface area contributed by atoms with Crippen molar-refractivity contribution >= 4 is 12.0 Å². The van der Waals surface area contributed by atoms with E-state index >= 15 is 0 Å². The van der Waals surface area contributed by atoms with Gasteiger partial charge in [0.2, 0.25) is 0 Å². The van der Waals surface area contributed by atoms with Crippen molar-refractivity contribution in [2.75, 3.05) is 0 Å². The molecule has 0 atom stereocenters. The molecule has 0 unspecified atom stereocenters. The van der Waals surface area contributed by atoms with Gasteiger partial charge in [0.05, 0.1) is 0 Å². The lowest BCUT2D eigenvalue weighted by Gasteiger charge is -1.97. The maximum absolute atomic E-state index is 10.2. The van der Waals surface area contributed by atoms with E-state index in [2.05, 4.69) is 6.92 Å². The van der Waals surface area contributed by atoms with Crippen LogP contribution in [-0.4, -0.2) is 11.1 Å². The van der Waals surface area contributed by atoms with E-state index in [0.717, 1.165) is 18.1 Å². The van der Waals surface area contributed by atoms with Crippen LogP contribution in [0.4, 0.5) is 0 Å². The molecular formula is C11H12O2. The van der Waals surface area contributed by atoms with Gasteiger partial charge in [0.1, 0.15) is 0 Å². The molecule has 0 bridgehead atoms. The Kier molecular flexibility index (Phi) is 3.26. The van der Waals surface area contributed by atoms with Crippen LogP contribution in [0, 0.1) is 0 Å².